The number of fused-ring (bicyclic) bond motifs is 4. The zero-order chi connectivity index (χ0) is 23.1. The van der Waals surface area contributed by atoms with Gasteiger partial charge in [-0.15, -0.1) is 0 Å². The number of rotatable bonds is 6. The molecule has 0 unspecified atom stereocenters. The quantitative estimate of drug-likeness (QED) is 0.477. The number of hydrogen-bond acceptors (Lipinski definition) is 4. The van der Waals surface area contributed by atoms with Gasteiger partial charge in [-0.1, -0.05) is 18.2 Å². The molecule has 0 aliphatic carbocycles. The SMILES string of the molecule is C[C@H]1CNC(=O)c2cc3ccc(C(=O)Nc4nc5ccccc5n4CCCN(C)C)cc3n21. The Morgan fingerprint density at radius 2 is 2.00 bits per heavy atom. The van der Waals surface area contributed by atoms with E-state index in [2.05, 4.69) is 46.1 Å². The number of hydrogen-bond donors (Lipinski definition) is 2. The van der Waals surface area contributed by atoms with Crippen LogP contribution in [0.1, 0.15) is 40.2 Å². The molecular weight excluding hydrogens is 416 g/mol. The molecule has 4 aromatic rings. The third-order valence-corrected chi connectivity index (χ3v) is 6.20. The monoisotopic (exact) mass is 444 g/mol. The normalized spacial score (nSPS) is 15.8. The van der Waals surface area contributed by atoms with Crippen LogP contribution in [0.5, 0.6) is 0 Å². The molecule has 1 aliphatic rings. The average Bonchev–Trinajstić information content (AvgIpc) is 3.35. The van der Waals surface area contributed by atoms with Gasteiger partial charge in [0.2, 0.25) is 5.95 Å². The summed E-state index contributed by atoms with van der Waals surface area (Å²) in [6, 6.07) is 15.5. The number of imidazole rings is 1. The summed E-state index contributed by atoms with van der Waals surface area (Å²) in [7, 11) is 4.10. The van der Waals surface area contributed by atoms with E-state index in [-0.39, 0.29) is 17.9 Å². The Morgan fingerprint density at radius 1 is 1.18 bits per heavy atom. The van der Waals surface area contributed by atoms with Crippen molar-refractivity contribution in [2.75, 3.05) is 32.5 Å². The lowest BCUT2D eigenvalue weighted by molar-refractivity contribution is 0.0919. The molecule has 0 saturated carbocycles. The Labute approximate surface area is 192 Å². The topological polar surface area (TPSA) is 84.2 Å². The maximum absolute atomic E-state index is 13.2. The van der Waals surface area contributed by atoms with Crippen molar-refractivity contribution in [3.05, 3.63) is 59.8 Å². The van der Waals surface area contributed by atoms with Gasteiger partial charge >= 0.3 is 0 Å². The van der Waals surface area contributed by atoms with E-state index >= 15 is 0 Å². The summed E-state index contributed by atoms with van der Waals surface area (Å²) in [6.07, 6.45) is 0.943. The molecule has 0 spiro atoms. The molecule has 0 fully saturated rings. The number of nitrogens with one attached hydrogen (secondary N) is 2. The lowest BCUT2D eigenvalue weighted by Crippen LogP contribution is -2.37. The van der Waals surface area contributed by atoms with Crippen molar-refractivity contribution in [1.29, 1.82) is 0 Å². The van der Waals surface area contributed by atoms with Crippen molar-refractivity contribution in [3.63, 3.8) is 0 Å². The van der Waals surface area contributed by atoms with Gasteiger partial charge in [-0.2, -0.15) is 0 Å². The third kappa shape index (κ3) is 3.87. The molecule has 0 radical (unpaired) electrons. The highest BCUT2D eigenvalue weighted by Crippen LogP contribution is 2.28. The van der Waals surface area contributed by atoms with Crippen molar-refractivity contribution in [2.24, 2.45) is 0 Å². The van der Waals surface area contributed by atoms with E-state index in [0.29, 0.717) is 23.8 Å². The van der Waals surface area contributed by atoms with Gasteiger partial charge in [-0.05, 0) is 64.3 Å². The number of aryl methyl sites for hydroxylation is 1. The molecular formula is C25H28N6O2. The predicted molar refractivity (Wildman–Crippen MR) is 130 cm³/mol. The number of aromatic nitrogens is 3. The standard InChI is InChI=1S/C25H28N6O2/c1-16-15-26-24(33)22-13-17-9-10-18(14-21(17)31(16)22)23(32)28-25-27-19-7-4-5-8-20(19)30(25)12-6-11-29(2)3/h4-5,7-10,13-14,16H,6,11-12,15H2,1-3H3,(H,26,33)(H,27,28,32)/t16-/m0/s1. The van der Waals surface area contributed by atoms with Crippen LogP contribution < -0.4 is 10.6 Å². The molecule has 2 N–H and O–H groups in total. The molecule has 8 heteroatoms. The molecule has 5 rings (SSSR count). The Bertz CT molecular complexity index is 1370. The second-order valence-electron chi connectivity index (χ2n) is 8.92. The molecule has 2 aromatic carbocycles. The summed E-state index contributed by atoms with van der Waals surface area (Å²) in [5, 5.41) is 6.88. The second kappa shape index (κ2) is 8.37. The van der Waals surface area contributed by atoms with Crippen LogP contribution in [0.3, 0.4) is 0 Å². The van der Waals surface area contributed by atoms with Crippen LogP contribution in [-0.4, -0.2) is 58.0 Å². The van der Waals surface area contributed by atoms with Crippen LogP contribution in [0.2, 0.25) is 0 Å². The molecule has 2 aromatic heterocycles. The minimum atomic E-state index is -0.218. The largest absolute Gasteiger partial charge is 0.349 e. The minimum absolute atomic E-state index is 0.0817. The number of nitrogens with zero attached hydrogens (tertiary/aromatic N) is 4. The molecule has 0 bridgehead atoms. The predicted octanol–water partition coefficient (Wildman–Crippen LogP) is 3.50. The van der Waals surface area contributed by atoms with E-state index in [0.717, 1.165) is 41.4 Å². The van der Waals surface area contributed by atoms with Gasteiger partial charge in [-0.25, -0.2) is 4.98 Å². The van der Waals surface area contributed by atoms with Crippen molar-refractivity contribution in [1.82, 2.24) is 24.3 Å². The summed E-state index contributed by atoms with van der Waals surface area (Å²) in [6.45, 7) is 4.34. The number of anilines is 1. The number of benzene rings is 2. The second-order valence-corrected chi connectivity index (χ2v) is 8.92. The van der Waals surface area contributed by atoms with Gasteiger partial charge in [0.1, 0.15) is 5.69 Å². The van der Waals surface area contributed by atoms with Crippen LogP contribution in [-0.2, 0) is 6.54 Å². The van der Waals surface area contributed by atoms with E-state index in [9.17, 15) is 9.59 Å². The Balaban J connectivity index is 1.47. The molecule has 1 atom stereocenters. The van der Waals surface area contributed by atoms with Crippen LogP contribution in [0.15, 0.2) is 48.5 Å². The van der Waals surface area contributed by atoms with Gasteiger partial charge in [0.05, 0.1) is 11.0 Å². The van der Waals surface area contributed by atoms with Gasteiger partial charge in [-0.3, -0.25) is 14.9 Å². The lowest BCUT2D eigenvalue weighted by atomic mass is 10.1. The molecule has 1 aliphatic heterocycles. The highest BCUT2D eigenvalue weighted by atomic mass is 16.2. The van der Waals surface area contributed by atoms with Gasteiger partial charge in [0, 0.05) is 35.6 Å². The van der Waals surface area contributed by atoms with E-state index < -0.39 is 0 Å². The fraction of sp³-hybridized carbons (Fsp3) is 0.320. The lowest BCUT2D eigenvalue weighted by Gasteiger charge is -2.24. The van der Waals surface area contributed by atoms with E-state index in [1.54, 1.807) is 6.07 Å². The highest BCUT2D eigenvalue weighted by molar-refractivity contribution is 6.07. The zero-order valence-electron chi connectivity index (χ0n) is 19.1. The highest BCUT2D eigenvalue weighted by Gasteiger charge is 2.25. The first-order valence-electron chi connectivity index (χ1n) is 11.3. The van der Waals surface area contributed by atoms with Crippen molar-refractivity contribution in [3.8, 4) is 0 Å². The molecule has 0 saturated heterocycles. The molecule has 33 heavy (non-hydrogen) atoms. The Kier molecular flexibility index (Phi) is 5.38. The molecule has 3 heterocycles. The number of amides is 2. The first kappa shape index (κ1) is 21.2. The number of carbonyl (C=O) groups excluding carboxylic acids is 2. The first-order chi connectivity index (χ1) is 15.9. The summed E-state index contributed by atoms with van der Waals surface area (Å²) >= 11 is 0. The Morgan fingerprint density at radius 3 is 2.82 bits per heavy atom. The fourth-order valence-electron chi connectivity index (χ4n) is 4.55. The van der Waals surface area contributed by atoms with Gasteiger partial charge in [0.25, 0.3) is 11.8 Å². The summed E-state index contributed by atoms with van der Waals surface area (Å²) in [5.74, 6) is 0.247. The summed E-state index contributed by atoms with van der Waals surface area (Å²) in [5.41, 5.74) is 3.91. The van der Waals surface area contributed by atoms with Crippen LogP contribution in [0.4, 0.5) is 5.95 Å². The summed E-state index contributed by atoms with van der Waals surface area (Å²) in [4.78, 5) is 32.4. The van der Waals surface area contributed by atoms with Crippen LogP contribution >= 0.6 is 0 Å². The smallest absolute Gasteiger partial charge is 0.268 e. The number of para-hydroxylation sites is 2. The molecule has 170 valence electrons. The van der Waals surface area contributed by atoms with Crippen molar-refractivity contribution < 1.29 is 9.59 Å². The van der Waals surface area contributed by atoms with Crippen molar-refractivity contribution >= 4 is 39.7 Å². The summed E-state index contributed by atoms with van der Waals surface area (Å²) < 4.78 is 4.09. The van der Waals surface area contributed by atoms with Crippen LogP contribution in [0, 0.1) is 0 Å². The average molecular weight is 445 g/mol. The zero-order valence-corrected chi connectivity index (χ0v) is 19.1. The minimum Gasteiger partial charge on any atom is -0.349 e. The maximum Gasteiger partial charge on any atom is 0.268 e. The fourth-order valence-corrected chi connectivity index (χ4v) is 4.55. The molecule has 2 amide bonds. The first-order valence-corrected chi connectivity index (χ1v) is 11.3. The Hall–Kier alpha value is -3.65. The van der Waals surface area contributed by atoms with E-state index in [1.165, 1.54) is 0 Å². The van der Waals surface area contributed by atoms with E-state index in [1.807, 2.05) is 47.0 Å². The number of carbonyl (C=O) groups is 2. The molecule has 8 nitrogen and oxygen atoms in total. The van der Waals surface area contributed by atoms with Gasteiger partial charge < -0.3 is 19.4 Å². The third-order valence-electron chi connectivity index (χ3n) is 6.20. The maximum atomic E-state index is 13.2. The van der Waals surface area contributed by atoms with Gasteiger partial charge in [0.15, 0.2) is 0 Å². The van der Waals surface area contributed by atoms with Crippen molar-refractivity contribution in [2.45, 2.75) is 25.9 Å². The van der Waals surface area contributed by atoms with Crippen LogP contribution in [0.25, 0.3) is 21.9 Å². The van der Waals surface area contributed by atoms with E-state index in [4.69, 9.17) is 0 Å².